The van der Waals surface area contributed by atoms with Crippen LogP contribution >= 0.6 is 11.8 Å². The van der Waals surface area contributed by atoms with Gasteiger partial charge in [0.25, 0.3) is 0 Å². The first-order chi connectivity index (χ1) is 13.6. The fourth-order valence-corrected chi connectivity index (χ4v) is 4.22. The van der Waals surface area contributed by atoms with Crippen LogP contribution in [0.5, 0.6) is 5.75 Å². The predicted molar refractivity (Wildman–Crippen MR) is 125 cm³/mol. The Hall–Kier alpha value is -1.94. The zero-order valence-corrected chi connectivity index (χ0v) is 19.7. The molecule has 156 valence electrons. The summed E-state index contributed by atoms with van der Waals surface area (Å²) in [6.07, 6.45) is 1.13. The molecule has 0 bridgehead atoms. The van der Waals surface area contributed by atoms with Crippen molar-refractivity contribution >= 4 is 22.8 Å². The minimum absolute atomic E-state index is 0.0211. The monoisotopic (exact) mass is 410 g/mol. The Balaban J connectivity index is 1.84. The van der Waals surface area contributed by atoms with E-state index in [1.54, 1.807) is 7.11 Å². The molecule has 0 amide bonds. The summed E-state index contributed by atoms with van der Waals surface area (Å²) in [4.78, 5) is 6.31. The molecule has 0 atom stereocenters. The topological polar surface area (TPSA) is 27.1 Å². The van der Waals surface area contributed by atoms with Crippen molar-refractivity contribution < 1.29 is 4.74 Å². The molecule has 3 aromatic rings. The maximum atomic E-state index is 5.24. The summed E-state index contributed by atoms with van der Waals surface area (Å²) >= 11 is 1.85. The van der Waals surface area contributed by atoms with E-state index in [9.17, 15) is 0 Å². The second-order valence-corrected chi connectivity index (χ2v) is 11.0. The van der Waals surface area contributed by atoms with Crippen molar-refractivity contribution in [3.63, 3.8) is 0 Å². The second-order valence-electron chi connectivity index (χ2n) is 9.93. The van der Waals surface area contributed by atoms with Gasteiger partial charge in [-0.2, -0.15) is 0 Å². The van der Waals surface area contributed by atoms with E-state index in [4.69, 9.17) is 9.72 Å². The number of benzene rings is 2. The van der Waals surface area contributed by atoms with Gasteiger partial charge in [0.15, 0.2) is 0 Å². The molecule has 0 aliphatic heterocycles. The van der Waals surface area contributed by atoms with Gasteiger partial charge in [0.05, 0.1) is 18.1 Å². The quantitative estimate of drug-likeness (QED) is 0.407. The Morgan fingerprint density at radius 3 is 2.24 bits per heavy atom. The number of hydrogen-bond donors (Lipinski definition) is 0. The molecule has 2 aromatic carbocycles. The summed E-state index contributed by atoms with van der Waals surface area (Å²) in [5.74, 6) is 3.01. The van der Waals surface area contributed by atoms with Crippen molar-refractivity contribution in [3.8, 4) is 5.75 Å². The van der Waals surface area contributed by atoms with Gasteiger partial charge in [-0.3, -0.25) is 0 Å². The number of rotatable bonds is 6. The van der Waals surface area contributed by atoms with Gasteiger partial charge in [-0.15, -0.1) is 11.8 Å². The number of thioether (sulfide) groups is 1. The van der Waals surface area contributed by atoms with Crippen molar-refractivity contribution in [2.75, 3.05) is 7.11 Å². The molecule has 0 saturated heterocycles. The maximum Gasteiger partial charge on any atom is 0.118 e. The molecule has 1 aromatic heterocycles. The van der Waals surface area contributed by atoms with Crippen LogP contribution in [-0.4, -0.2) is 16.7 Å². The Morgan fingerprint density at radius 2 is 1.66 bits per heavy atom. The molecule has 29 heavy (non-hydrogen) atoms. The average molecular weight is 411 g/mol. The smallest absolute Gasteiger partial charge is 0.118 e. The average Bonchev–Trinajstić information content (AvgIpc) is 3.03. The van der Waals surface area contributed by atoms with Crippen LogP contribution in [0.3, 0.4) is 0 Å². The zero-order chi connectivity index (χ0) is 21.2. The normalized spacial score (nSPS) is 12.5. The van der Waals surface area contributed by atoms with Crippen molar-refractivity contribution in [3.05, 3.63) is 53.9 Å². The highest BCUT2D eigenvalue weighted by atomic mass is 32.2. The van der Waals surface area contributed by atoms with Crippen molar-refractivity contribution in [2.24, 2.45) is 5.41 Å². The van der Waals surface area contributed by atoms with Crippen LogP contribution in [0, 0.1) is 5.41 Å². The lowest BCUT2D eigenvalue weighted by Crippen LogP contribution is -2.21. The van der Waals surface area contributed by atoms with E-state index in [2.05, 4.69) is 76.4 Å². The number of aryl methyl sites for hydroxylation is 1. The fourth-order valence-electron chi connectivity index (χ4n) is 3.33. The summed E-state index contributed by atoms with van der Waals surface area (Å²) in [5, 5.41) is 0. The molecule has 0 saturated carbocycles. The fraction of sp³-hybridized carbons (Fsp3) is 0.480. The minimum Gasteiger partial charge on any atom is -0.497 e. The summed E-state index contributed by atoms with van der Waals surface area (Å²) in [5.41, 5.74) is 3.96. The number of imidazole rings is 1. The standard InChI is InChI=1S/C25H34N2OS/c1-24(2,3)14-15-27-22-13-12-20(16-21(22)26-23(27)25(4,5)6)29-17-18-8-10-19(28-7)11-9-18/h8-13,16H,14-15,17H2,1-7H3. The van der Waals surface area contributed by atoms with E-state index in [0.29, 0.717) is 5.41 Å². The molecule has 0 radical (unpaired) electrons. The SMILES string of the molecule is COc1ccc(CSc2ccc3c(c2)nc(C(C)(C)C)n3CCC(C)(C)C)cc1. The second kappa shape index (κ2) is 8.43. The summed E-state index contributed by atoms with van der Waals surface area (Å²) in [6, 6.07) is 15.0. The lowest BCUT2D eigenvalue weighted by atomic mass is 9.91. The maximum absolute atomic E-state index is 5.24. The molecular formula is C25H34N2OS. The Morgan fingerprint density at radius 1 is 0.966 bits per heavy atom. The van der Waals surface area contributed by atoms with Crippen molar-refractivity contribution in [1.82, 2.24) is 9.55 Å². The first kappa shape index (κ1) is 21.8. The van der Waals surface area contributed by atoms with Gasteiger partial charge in [0.1, 0.15) is 11.6 Å². The molecule has 3 rings (SSSR count). The zero-order valence-electron chi connectivity index (χ0n) is 18.9. The molecule has 0 aliphatic rings. The molecule has 3 nitrogen and oxygen atoms in total. The van der Waals surface area contributed by atoms with Gasteiger partial charge in [-0.1, -0.05) is 53.7 Å². The van der Waals surface area contributed by atoms with E-state index in [1.165, 1.54) is 21.8 Å². The minimum atomic E-state index is 0.0211. The summed E-state index contributed by atoms with van der Waals surface area (Å²) < 4.78 is 7.67. The van der Waals surface area contributed by atoms with Crippen molar-refractivity contribution in [2.45, 2.75) is 70.6 Å². The number of methoxy groups -OCH3 is 1. The van der Waals surface area contributed by atoms with E-state index in [1.807, 2.05) is 23.9 Å². The van der Waals surface area contributed by atoms with E-state index < -0.39 is 0 Å². The van der Waals surface area contributed by atoms with Crippen molar-refractivity contribution in [1.29, 1.82) is 0 Å². The third-order valence-corrected chi connectivity index (χ3v) is 6.11. The Labute approximate surface area is 179 Å². The molecule has 1 heterocycles. The first-order valence-electron chi connectivity index (χ1n) is 10.3. The van der Waals surface area contributed by atoms with E-state index in [0.717, 1.165) is 30.0 Å². The molecule has 0 fully saturated rings. The van der Waals surface area contributed by atoms with Crippen LogP contribution < -0.4 is 4.74 Å². The number of ether oxygens (including phenoxy) is 1. The summed E-state index contributed by atoms with van der Waals surface area (Å²) in [6.45, 7) is 14.7. The van der Waals surface area contributed by atoms with Gasteiger partial charge < -0.3 is 9.30 Å². The Kier molecular flexibility index (Phi) is 6.33. The van der Waals surface area contributed by atoms with E-state index in [-0.39, 0.29) is 5.41 Å². The lowest BCUT2D eigenvalue weighted by molar-refractivity contribution is 0.344. The van der Waals surface area contributed by atoms with Gasteiger partial charge in [0.2, 0.25) is 0 Å². The first-order valence-corrected chi connectivity index (χ1v) is 11.3. The number of fused-ring (bicyclic) bond motifs is 1. The van der Waals surface area contributed by atoms with Gasteiger partial charge in [0, 0.05) is 22.6 Å². The van der Waals surface area contributed by atoms with Crippen LogP contribution in [0.2, 0.25) is 0 Å². The Bertz CT molecular complexity index is 959. The number of hydrogen-bond acceptors (Lipinski definition) is 3. The highest BCUT2D eigenvalue weighted by Gasteiger charge is 2.24. The highest BCUT2D eigenvalue weighted by molar-refractivity contribution is 7.98. The molecular weight excluding hydrogens is 376 g/mol. The van der Waals surface area contributed by atoms with Crippen LogP contribution in [-0.2, 0) is 17.7 Å². The molecule has 4 heteroatoms. The lowest BCUT2D eigenvalue weighted by Gasteiger charge is -2.23. The number of aromatic nitrogens is 2. The highest BCUT2D eigenvalue weighted by Crippen LogP contribution is 2.32. The van der Waals surface area contributed by atoms with Crippen LogP contribution in [0.15, 0.2) is 47.4 Å². The van der Waals surface area contributed by atoms with Crippen LogP contribution in [0.1, 0.15) is 59.4 Å². The molecule has 0 N–H and O–H groups in total. The largest absolute Gasteiger partial charge is 0.497 e. The predicted octanol–water partition coefficient (Wildman–Crippen LogP) is 7.07. The number of nitrogens with zero attached hydrogens (tertiary/aromatic N) is 2. The molecule has 0 spiro atoms. The third kappa shape index (κ3) is 5.57. The molecule has 0 aliphatic carbocycles. The van der Waals surface area contributed by atoms with Gasteiger partial charge in [-0.05, 0) is 47.7 Å². The van der Waals surface area contributed by atoms with Crippen LogP contribution in [0.25, 0.3) is 11.0 Å². The van der Waals surface area contributed by atoms with Gasteiger partial charge in [-0.25, -0.2) is 4.98 Å². The third-order valence-electron chi connectivity index (χ3n) is 5.04. The summed E-state index contributed by atoms with van der Waals surface area (Å²) in [7, 11) is 1.70. The molecule has 0 unspecified atom stereocenters. The van der Waals surface area contributed by atoms with Crippen LogP contribution in [0.4, 0.5) is 0 Å². The van der Waals surface area contributed by atoms with E-state index >= 15 is 0 Å². The van der Waals surface area contributed by atoms with Gasteiger partial charge >= 0.3 is 0 Å².